The lowest BCUT2D eigenvalue weighted by Crippen LogP contribution is -2.32. The third-order valence-electron chi connectivity index (χ3n) is 3.60. The van der Waals surface area contributed by atoms with E-state index in [9.17, 15) is 9.59 Å². The Morgan fingerprint density at radius 1 is 1.04 bits per heavy atom. The Morgan fingerprint density at radius 2 is 1.70 bits per heavy atom. The predicted molar refractivity (Wildman–Crippen MR) is 92.6 cm³/mol. The monoisotopic (exact) mass is 311 g/mol. The van der Waals surface area contributed by atoms with Gasteiger partial charge in [0.25, 0.3) is 0 Å². The highest BCUT2D eigenvalue weighted by molar-refractivity contribution is 5.97. The molecule has 23 heavy (non-hydrogen) atoms. The second-order valence-electron chi connectivity index (χ2n) is 5.62. The van der Waals surface area contributed by atoms with Gasteiger partial charge < -0.3 is 16.4 Å². The Kier molecular flexibility index (Phi) is 5.01. The van der Waals surface area contributed by atoms with E-state index in [2.05, 4.69) is 10.6 Å². The van der Waals surface area contributed by atoms with Gasteiger partial charge in [0.2, 0.25) is 11.8 Å². The van der Waals surface area contributed by atoms with E-state index in [1.54, 1.807) is 31.2 Å². The molecule has 0 fully saturated rings. The summed E-state index contributed by atoms with van der Waals surface area (Å²) in [6.07, 6.45) is 0. The Bertz CT molecular complexity index is 724. The van der Waals surface area contributed by atoms with E-state index < -0.39 is 11.9 Å². The van der Waals surface area contributed by atoms with Crippen LogP contribution in [0.25, 0.3) is 0 Å². The molecule has 120 valence electrons. The van der Waals surface area contributed by atoms with E-state index in [4.69, 9.17) is 5.73 Å². The molecule has 5 nitrogen and oxygen atoms in total. The molecule has 0 radical (unpaired) electrons. The normalized spacial score (nSPS) is 11.6. The second-order valence-corrected chi connectivity index (χ2v) is 5.62. The van der Waals surface area contributed by atoms with Crippen LogP contribution in [0.15, 0.2) is 42.5 Å². The fourth-order valence-electron chi connectivity index (χ4n) is 2.16. The molecule has 0 heterocycles. The Balaban J connectivity index is 2.02. The number of hydrogen-bond donors (Lipinski definition) is 3. The number of amides is 2. The third kappa shape index (κ3) is 4.32. The summed E-state index contributed by atoms with van der Waals surface area (Å²) in [5, 5.41) is 6.02. The van der Waals surface area contributed by atoms with E-state index >= 15 is 0 Å². The molecule has 0 aliphatic rings. The largest absolute Gasteiger partial charge is 0.374 e. The van der Waals surface area contributed by atoms with Crippen LogP contribution in [0, 0.1) is 13.8 Å². The number of anilines is 2. The van der Waals surface area contributed by atoms with Crippen LogP contribution < -0.4 is 16.4 Å². The zero-order chi connectivity index (χ0) is 17.0. The quantitative estimate of drug-likeness (QED) is 0.794. The maximum Gasteiger partial charge on any atom is 0.248 e. The number of nitrogens with one attached hydrogen (secondary N) is 2. The lowest BCUT2D eigenvalue weighted by atomic mass is 10.1. The highest BCUT2D eigenvalue weighted by Gasteiger charge is 2.14. The second kappa shape index (κ2) is 6.96. The number of rotatable bonds is 5. The van der Waals surface area contributed by atoms with Crippen molar-refractivity contribution in [3.05, 3.63) is 59.2 Å². The maximum absolute atomic E-state index is 12.3. The molecule has 0 aromatic heterocycles. The predicted octanol–water partition coefficient (Wildman–Crippen LogP) is 2.84. The van der Waals surface area contributed by atoms with Gasteiger partial charge in [-0.05, 0) is 62.2 Å². The number of nitrogens with two attached hydrogens (primary N) is 1. The first kappa shape index (κ1) is 16.5. The minimum Gasteiger partial charge on any atom is -0.374 e. The zero-order valence-corrected chi connectivity index (χ0v) is 13.5. The van der Waals surface area contributed by atoms with Gasteiger partial charge in [-0.15, -0.1) is 0 Å². The van der Waals surface area contributed by atoms with Gasteiger partial charge >= 0.3 is 0 Å². The average Bonchev–Trinajstić information content (AvgIpc) is 2.51. The molecule has 0 aliphatic carbocycles. The van der Waals surface area contributed by atoms with Crippen LogP contribution >= 0.6 is 0 Å². The number of carbonyl (C=O) groups excluding carboxylic acids is 2. The molecule has 0 spiro atoms. The Labute approximate surface area is 135 Å². The summed E-state index contributed by atoms with van der Waals surface area (Å²) in [6, 6.07) is 12.1. The summed E-state index contributed by atoms with van der Waals surface area (Å²) in [6.45, 7) is 5.81. The van der Waals surface area contributed by atoms with Crippen LogP contribution in [0.5, 0.6) is 0 Å². The van der Waals surface area contributed by atoms with Crippen molar-refractivity contribution in [3.8, 4) is 0 Å². The highest BCUT2D eigenvalue weighted by atomic mass is 16.2. The summed E-state index contributed by atoms with van der Waals surface area (Å²) >= 11 is 0. The van der Waals surface area contributed by atoms with E-state index in [1.165, 1.54) is 0 Å². The smallest absolute Gasteiger partial charge is 0.248 e. The molecule has 1 atom stereocenters. The van der Waals surface area contributed by atoms with Crippen molar-refractivity contribution < 1.29 is 9.59 Å². The molecule has 0 bridgehead atoms. The summed E-state index contributed by atoms with van der Waals surface area (Å²) in [7, 11) is 0. The molecule has 2 aromatic carbocycles. The van der Waals surface area contributed by atoms with Crippen LogP contribution in [-0.4, -0.2) is 17.9 Å². The standard InChI is InChI=1S/C18H21N3O2/c1-11-4-5-12(2)16(10-11)20-13(3)18(23)21-15-8-6-14(7-9-15)17(19)22/h4-10,13,20H,1-3H3,(H2,19,22)(H,21,23)/t13-/m1/s1. The fraction of sp³-hybridized carbons (Fsp3) is 0.222. The van der Waals surface area contributed by atoms with Crippen LogP contribution in [-0.2, 0) is 4.79 Å². The van der Waals surface area contributed by atoms with Crippen molar-refractivity contribution in [2.24, 2.45) is 5.73 Å². The number of aryl methyl sites for hydroxylation is 2. The molecule has 2 amide bonds. The van der Waals surface area contributed by atoms with Gasteiger partial charge in [-0.3, -0.25) is 9.59 Å². The first-order valence-electron chi connectivity index (χ1n) is 7.41. The van der Waals surface area contributed by atoms with Gasteiger partial charge in [-0.2, -0.15) is 0 Å². The van der Waals surface area contributed by atoms with E-state index in [0.717, 1.165) is 16.8 Å². The van der Waals surface area contributed by atoms with Crippen LogP contribution in [0.4, 0.5) is 11.4 Å². The zero-order valence-electron chi connectivity index (χ0n) is 13.5. The summed E-state index contributed by atoms with van der Waals surface area (Å²) < 4.78 is 0. The lowest BCUT2D eigenvalue weighted by molar-refractivity contribution is -0.116. The third-order valence-corrected chi connectivity index (χ3v) is 3.60. The highest BCUT2D eigenvalue weighted by Crippen LogP contribution is 2.18. The van der Waals surface area contributed by atoms with Crippen molar-refractivity contribution in [3.63, 3.8) is 0 Å². The van der Waals surface area contributed by atoms with Crippen molar-refractivity contribution in [2.45, 2.75) is 26.8 Å². The first-order valence-corrected chi connectivity index (χ1v) is 7.41. The molecule has 2 rings (SSSR count). The van der Waals surface area contributed by atoms with Crippen LogP contribution in [0.1, 0.15) is 28.4 Å². The van der Waals surface area contributed by atoms with Crippen molar-refractivity contribution in [1.82, 2.24) is 0 Å². The van der Waals surface area contributed by atoms with E-state index in [1.807, 2.05) is 32.0 Å². The summed E-state index contributed by atoms with van der Waals surface area (Å²) in [4.78, 5) is 23.3. The minimum atomic E-state index is -0.493. The molecule has 0 unspecified atom stereocenters. The van der Waals surface area contributed by atoms with Gasteiger partial charge in [0.05, 0.1) is 0 Å². The van der Waals surface area contributed by atoms with Crippen molar-refractivity contribution in [2.75, 3.05) is 10.6 Å². The van der Waals surface area contributed by atoms with Crippen molar-refractivity contribution in [1.29, 1.82) is 0 Å². The topological polar surface area (TPSA) is 84.2 Å². The summed E-state index contributed by atoms with van der Waals surface area (Å²) in [5.74, 6) is -0.648. The minimum absolute atomic E-state index is 0.155. The SMILES string of the molecule is Cc1ccc(C)c(N[C@H](C)C(=O)Nc2ccc(C(N)=O)cc2)c1. The average molecular weight is 311 g/mol. The molecule has 0 aliphatic heterocycles. The molecule has 0 saturated heterocycles. The molecule has 5 heteroatoms. The number of benzene rings is 2. The summed E-state index contributed by atoms with van der Waals surface area (Å²) in [5.41, 5.74) is 9.37. The van der Waals surface area contributed by atoms with Gasteiger partial charge in [-0.25, -0.2) is 0 Å². The van der Waals surface area contributed by atoms with E-state index in [-0.39, 0.29) is 5.91 Å². The maximum atomic E-state index is 12.3. The van der Waals surface area contributed by atoms with Gasteiger partial charge in [-0.1, -0.05) is 12.1 Å². The molecule has 4 N–H and O–H groups in total. The fourth-order valence-corrected chi connectivity index (χ4v) is 2.16. The molecule has 0 saturated carbocycles. The van der Waals surface area contributed by atoms with Gasteiger partial charge in [0, 0.05) is 16.9 Å². The number of carbonyl (C=O) groups is 2. The molecular formula is C18H21N3O2. The van der Waals surface area contributed by atoms with E-state index in [0.29, 0.717) is 11.3 Å². The lowest BCUT2D eigenvalue weighted by Gasteiger charge is -2.17. The Hall–Kier alpha value is -2.82. The van der Waals surface area contributed by atoms with Gasteiger partial charge in [0.1, 0.15) is 6.04 Å². The first-order chi connectivity index (χ1) is 10.9. The number of primary amides is 1. The van der Waals surface area contributed by atoms with Gasteiger partial charge in [0.15, 0.2) is 0 Å². The molecule has 2 aromatic rings. The molecular weight excluding hydrogens is 290 g/mol. The van der Waals surface area contributed by atoms with Crippen LogP contribution in [0.3, 0.4) is 0 Å². The Morgan fingerprint density at radius 3 is 2.30 bits per heavy atom. The number of hydrogen-bond acceptors (Lipinski definition) is 3. The van der Waals surface area contributed by atoms with Crippen LogP contribution in [0.2, 0.25) is 0 Å². The van der Waals surface area contributed by atoms with Crippen molar-refractivity contribution >= 4 is 23.2 Å².